The van der Waals surface area contributed by atoms with Gasteiger partial charge in [0.25, 0.3) is 0 Å². The zero-order valence-electron chi connectivity index (χ0n) is 12.6. The first-order valence-electron chi connectivity index (χ1n) is 7.33. The van der Waals surface area contributed by atoms with Gasteiger partial charge in [0.2, 0.25) is 10.0 Å². The molecule has 0 aromatic heterocycles. The Morgan fingerprint density at radius 2 is 1.90 bits per heavy atom. The molecule has 3 N–H and O–H groups in total. The molecule has 1 aromatic rings. The SMILES string of the molecule is CCN(CC)C1CCN(S(=O)(=O)c2ccc(NN)cc2)C1. The summed E-state index contributed by atoms with van der Waals surface area (Å²) in [7, 11) is -3.41. The molecule has 1 heterocycles. The van der Waals surface area contributed by atoms with Crippen LogP contribution in [0.15, 0.2) is 29.2 Å². The highest BCUT2D eigenvalue weighted by Gasteiger charge is 2.34. The molecular weight excluding hydrogens is 288 g/mol. The highest BCUT2D eigenvalue weighted by molar-refractivity contribution is 7.89. The van der Waals surface area contributed by atoms with Gasteiger partial charge in [0, 0.05) is 24.8 Å². The standard InChI is InChI=1S/C14H24N4O2S/c1-3-17(4-2)13-9-10-18(11-13)21(19,20)14-7-5-12(16-15)6-8-14/h5-8,13,16H,3-4,9-11,15H2,1-2H3. The van der Waals surface area contributed by atoms with Crippen molar-refractivity contribution in [1.82, 2.24) is 9.21 Å². The lowest BCUT2D eigenvalue weighted by Crippen LogP contribution is -2.38. The summed E-state index contributed by atoms with van der Waals surface area (Å²) in [5.74, 6) is 5.30. The lowest BCUT2D eigenvalue weighted by molar-refractivity contribution is 0.224. The summed E-state index contributed by atoms with van der Waals surface area (Å²) in [6.45, 7) is 7.28. The number of rotatable bonds is 6. The van der Waals surface area contributed by atoms with Gasteiger partial charge in [-0.3, -0.25) is 10.7 Å². The molecule has 0 radical (unpaired) electrons. The Morgan fingerprint density at radius 1 is 1.29 bits per heavy atom. The van der Waals surface area contributed by atoms with Gasteiger partial charge in [-0.2, -0.15) is 4.31 Å². The maximum absolute atomic E-state index is 12.6. The summed E-state index contributed by atoms with van der Waals surface area (Å²) >= 11 is 0. The molecule has 2 rings (SSSR count). The highest BCUT2D eigenvalue weighted by Crippen LogP contribution is 2.24. The molecule has 6 nitrogen and oxygen atoms in total. The van der Waals surface area contributed by atoms with Crippen molar-refractivity contribution < 1.29 is 8.42 Å². The summed E-state index contributed by atoms with van der Waals surface area (Å²) in [6, 6.07) is 6.85. The van der Waals surface area contributed by atoms with Crippen molar-refractivity contribution in [3.05, 3.63) is 24.3 Å². The molecule has 1 saturated heterocycles. The molecule has 1 fully saturated rings. The number of nitrogens with zero attached hydrogens (tertiary/aromatic N) is 2. The molecule has 0 spiro atoms. The second-order valence-corrected chi connectivity index (χ2v) is 7.13. The predicted molar refractivity (Wildman–Crippen MR) is 84.3 cm³/mol. The zero-order valence-corrected chi connectivity index (χ0v) is 13.4. The normalized spacial score (nSPS) is 20.1. The molecule has 1 aromatic carbocycles. The molecule has 1 aliphatic heterocycles. The molecule has 0 amide bonds. The number of hydrogen-bond acceptors (Lipinski definition) is 5. The Morgan fingerprint density at radius 3 is 2.43 bits per heavy atom. The average Bonchev–Trinajstić information content (AvgIpc) is 2.99. The van der Waals surface area contributed by atoms with Crippen LogP contribution < -0.4 is 11.3 Å². The van der Waals surface area contributed by atoms with Gasteiger partial charge < -0.3 is 5.43 Å². The second kappa shape index (κ2) is 6.74. The Labute approximate surface area is 126 Å². The van der Waals surface area contributed by atoms with Crippen molar-refractivity contribution >= 4 is 15.7 Å². The third-order valence-electron chi connectivity index (χ3n) is 4.11. The van der Waals surface area contributed by atoms with Crippen LogP contribution in [0.4, 0.5) is 5.69 Å². The zero-order chi connectivity index (χ0) is 15.5. The number of nitrogen functional groups attached to an aromatic ring is 1. The van der Waals surface area contributed by atoms with E-state index in [1.54, 1.807) is 28.6 Å². The van der Waals surface area contributed by atoms with Crippen LogP contribution in [-0.2, 0) is 10.0 Å². The van der Waals surface area contributed by atoms with Crippen LogP contribution in [0.2, 0.25) is 0 Å². The molecule has 21 heavy (non-hydrogen) atoms. The van der Waals surface area contributed by atoms with Crippen LogP contribution in [-0.4, -0.2) is 49.8 Å². The average molecular weight is 312 g/mol. The van der Waals surface area contributed by atoms with Crippen LogP contribution in [0.3, 0.4) is 0 Å². The van der Waals surface area contributed by atoms with Crippen molar-refractivity contribution in [2.75, 3.05) is 31.6 Å². The molecule has 7 heteroatoms. The third kappa shape index (κ3) is 3.37. The molecule has 0 saturated carbocycles. The molecule has 1 atom stereocenters. The number of nitrogens with two attached hydrogens (primary N) is 1. The number of anilines is 1. The van der Waals surface area contributed by atoms with Crippen molar-refractivity contribution in [2.24, 2.45) is 5.84 Å². The van der Waals surface area contributed by atoms with Crippen LogP contribution in [0.1, 0.15) is 20.3 Å². The summed E-state index contributed by atoms with van der Waals surface area (Å²) < 4.78 is 26.9. The van der Waals surface area contributed by atoms with Gasteiger partial charge in [-0.25, -0.2) is 8.42 Å². The maximum Gasteiger partial charge on any atom is 0.243 e. The number of nitrogens with one attached hydrogen (secondary N) is 1. The molecule has 0 bridgehead atoms. The van der Waals surface area contributed by atoms with Crippen LogP contribution >= 0.6 is 0 Å². The monoisotopic (exact) mass is 312 g/mol. The van der Waals surface area contributed by atoms with Crippen LogP contribution in [0, 0.1) is 0 Å². The van der Waals surface area contributed by atoms with Crippen molar-refractivity contribution in [3.8, 4) is 0 Å². The first kappa shape index (κ1) is 16.2. The summed E-state index contributed by atoms with van der Waals surface area (Å²) in [6.07, 6.45) is 0.892. The first-order chi connectivity index (χ1) is 10.0. The predicted octanol–water partition coefficient (Wildman–Crippen LogP) is 1.08. The fourth-order valence-corrected chi connectivity index (χ4v) is 4.33. The quantitative estimate of drug-likeness (QED) is 0.607. The lowest BCUT2D eigenvalue weighted by Gasteiger charge is -2.26. The molecular formula is C14H24N4O2S. The van der Waals surface area contributed by atoms with E-state index < -0.39 is 10.0 Å². The van der Waals surface area contributed by atoms with E-state index in [-0.39, 0.29) is 0 Å². The smallest absolute Gasteiger partial charge is 0.243 e. The van der Waals surface area contributed by atoms with E-state index in [1.165, 1.54) is 0 Å². The molecule has 0 aliphatic carbocycles. The van der Waals surface area contributed by atoms with Crippen molar-refractivity contribution in [2.45, 2.75) is 31.2 Å². The van der Waals surface area contributed by atoms with Gasteiger partial charge in [-0.1, -0.05) is 13.8 Å². The number of hydrogen-bond donors (Lipinski definition) is 2. The Balaban J connectivity index is 2.13. The fourth-order valence-electron chi connectivity index (χ4n) is 2.84. The van der Waals surface area contributed by atoms with E-state index in [0.29, 0.717) is 29.7 Å². The van der Waals surface area contributed by atoms with Crippen molar-refractivity contribution in [1.29, 1.82) is 0 Å². The second-order valence-electron chi connectivity index (χ2n) is 5.20. The van der Waals surface area contributed by atoms with Gasteiger partial charge in [0.05, 0.1) is 4.90 Å². The van der Waals surface area contributed by atoms with Crippen LogP contribution in [0.25, 0.3) is 0 Å². The van der Waals surface area contributed by atoms with Gasteiger partial charge >= 0.3 is 0 Å². The number of likely N-dealkylation sites (N-methyl/N-ethyl adjacent to an activating group) is 1. The minimum Gasteiger partial charge on any atom is -0.324 e. The Hall–Kier alpha value is -1.15. The van der Waals surface area contributed by atoms with E-state index in [2.05, 4.69) is 24.2 Å². The first-order valence-corrected chi connectivity index (χ1v) is 8.77. The largest absolute Gasteiger partial charge is 0.324 e. The van der Waals surface area contributed by atoms with Gasteiger partial charge in [0.15, 0.2) is 0 Å². The van der Waals surface area contributed by atoms with E-state index in [4.69, 9.17) is 5.84 Å². The minimum atomic E-state index is -3.41. The Bertz CT molecular complexity index is 555. The number of hydrazine groups is 1. The highest BCUT2D eigenvalue weighted by atomic mass is 32.2. The van der Waals surface area contributed by atoms with E-state index in [1.807, 2.05) is 0 Å². The number of sulfonamides is 1. The van der Waals surface area contributed by atoms with Gasteiger partial charge in [0.1, 0.15) is 0 Å². The lowest BCUT2D eigenvalue weighted by atomic mass is 10.2. The molecule has 1 unspecified atom stereocenters. The molecule has 1 aliphatic rings. The van der Waals surface area contributed by atoms with E-state index in [0.717, 1.165) is 19.5 Å². The fraction of sp³-hybridized carbons (Fsp3) is 0.571. The Kier molecular flexibility index (Phi) is 5.21. The summed E-state index contributed by atoms with van der Waals surface area (Å²) in [5.41, 5.74) is 3.19. The minimum absolute atomic E-state index is 0.319. The van der Waals surface area contributed by atoms with Crippen LogP contribution in [0.5, 0.6) is 0 Å². The third-order valence-corrected chi connectivity index (χ3v) is 5.99. The van der Waals surface area contributed by atoms with Gasteiger partial charge in [-0.05, 0) is 43.8 Å². The molecule has 118 valence electrons. The summed E-state index contributed by atoms with van der Waals surface area (Å²) in [4.78, 5) is 2.64. The summed E-state index contributed by atoms with van der Waals surface area (Å²) in [5, 5.41) is 0. The van der Waals surface area contributed by atoms with Crippen molar-refractivity contribution in [3.63, 3.8) is 0 Å². The van der Waals surface area contributed by atoms with Gasteiger partial charge in [-0.15, -0.1) is 0 Å². The van der Waals surface area contributed by atoms with E-state index in [9.17, 15) is 8.42 Å². The maximum atomic E-state index is 12.6. The topological polar surface area (TPSA) is 78.7 Å². The number of benzene rings is 1. The van der Waals surface area contributed by atoms with E-state index >= 15 is 0 Å².